The third-order valence-corrected chi connectivity index (χ3v) is 4.22. The molecule has 1 amide bonds. The van der Waals surface area contributed by atoms with E-state index in [4.69, 9.17) is 11.6 Å². The second-order valence-electron chi connectivity index (χ2n) is 5.94. The second-order valence-corrected chi connectivity index (χ2v) is 6.35. The van der Waals surface area contributed by atoms with Gasteiger partial charge in [-0.15, -0.1) is 0 Å². The molecule has 0 radical (unpaired) electrons. The SMILES string of the molecule is Cc1cc(NC(=O)/C=C/c2ccc(F)cc2)nn1Cc1ccc(F)cc1Cl. The lowest BCUT2D eigenvalue weighted by atomic mass is 10.2. The van der Waals surface area contributed by atoms with E-state index in [1.165, 1.54) is 30.3 Å². The molecule has 27 heavy (non-hydrogen) atoms. The van der Waals surface area contributed by atoms with Crippen molar-refractivity contribution in [3.8, 4) is 0 Å². The molecular weight excluding hydrogens is 372 g/mol. The minimum atomic E-state index is -0.401. The fourth-order valence-corrected chi connectivity index (χ4v) is 2.68. The van der Waals surface area contributed by atoms with Crippen LogP contribution in [0, 0.1) is 18.6 Å². The maximum atomic E-state index is 13.1. The maximum absolute atomic E-state index is 13.1. The molecule has 138 valence electrons. The van der Waals surface area contributed by atoms with Gasteiger partial charge in [0, 0.05) is 22.9 Å². The van der Waals surface area contributed by atoms with Gasteiger partial charge in [-0.1, -0.05) is 29.8 Å². The Bertz CT molecular complexity index is 997. The van der Waals surface area contributed by atoms with E-state index in [-0.39, 0.29) is 11.7 Å². The number of amides is 1. The summed E-state index contributed by atoms with van der Waals surface area (Å²) >= 11 is 6.05. The molecule has 1 aromatic heterocycles. The van der Waals surface area contributed by atoms with Crippen LogP contribution in [0.25, 0.3) is 6.08 Å². The van der Waals surface area contributed by atoms with Gasteiger partial charge in [0.2, 0.25) is 5.91 Å². The molecular formula is C20H16ClF2N3O. The van der Waals surface area contributed by atoms with Crippen LogP contribution in [0.5, 0.6) is 0 Å². The average Bonchev–Trinajstić information content (AvgIpc) is 2.96. The first-order chi connectivity index (χ1) is 12.9. The van der Waals surface area contributed by atoms with Gasteiger partial charge >= 0.3 is 0 Å². The third kappa shape index (κ3) is 5.01. The van der Waals surface area contributed by atoms with E-state index in [1.807, 2.05) is 6.92 Å². The maximum Gasteiger partial charge on any atom is 0.249 e. The molecule has 4 nitrogen and oxygen atoms in total. The van der Waals surface area contributed by atoms with Gasteiger partial charge in [0.05, 0.1) is 6.54 Å². The smallest absolute Gasteiger partial charge is 0.249 e. The zero-order valence-corrected chi connectivity index (χ0v) is 15.2. The summed E-state index contributed by atoms with van der Waals surface area (Å²) in [4.78, 5) is 12.0. The fraction of sp³-hybridized carbons (Fsp3) is 0.100. The van der Waals surface area contributed by atoms with E-state index in [0.29, 0.717) is 22.9 Å². The van der Waals surface area contributed by atoms with Crippen molar-refractivity contribution in [3.63, 3.8) is 0 Å². The van der Waals surface area contributed by atoms with E-state index in [0.717, 1.165) is 11.3 Å². The van der Waals surface area contributed by atoms with Crippen LogP contribution in [0.4, 0.5) is 14.6 Å². The molecule has 0 atom stereocenters. The Labute approximate surface area is 160 Å². The van der Waals surface area contributed by atoms with E-state index in [9.17, 15) is 13.6 Å². The van der Waals surface area contributed by atoms with Crippen molar-refractivity contribution in [1.82, 2.24) is 9.78 Å². The number of hydrogen-bond acceptors (Lipinski definition) is 2. The molecule has 0 spiro atoms. The Morgan fingerprint density at radius 1 is 1.15 bits per heavy atom. The van der Waals surface area contributed by atoms with Crippen LogP contribution in [0.2, 0.25) is 5.02 Å². The van der Waals surface area contributed by atoms with Gasteiger partial charge in [0.1, 0.15) is 11.6 Å². The van der Waals surface area contributed by atoms with Crippen LogP contribution in [0.15, 0.2) is 54.6 Å². The number of hydrogen-bond donors (Lipinski definition) is 1. The molecule has 0 saturated heterocycles. The Morgan fingerprint density at radius 2 is 1.85 bits per heavy atom. The highest BCUT2D eigenvalue weighted by atomic mass is 35.5. The molecule has 0 bridgehead atoms. The molecule has 0 fully saturated rings. The summed E-state index contributed by atoms with van der Waals surface area (Å²) in [5.74, 6) is -0.705. The largest absolute Gasteiger partial charge is 0.306 e. The van der Waals surface area contributed by atoms with Crippen molar-refractivity contribution < 1.29 is 13.6 Å². The van der Waals surface area contributed by atoms with Gasteiger partial charge in [0.25, 0.3) is 0 Å². The highest BCUT2D eigenvalue weighted by Crippen LogP contribution is 2.20. The summed E-state index contributed by atoms with van der Waals surface area (Å²) in [7, 11) is 0. The molecule has 0 aliphatic carbocycles. The molecule has 0 aliphatic heterocycles. The number of aromatic nitrogens is 2. The highest BCUT2D eigenvalue weighted by Gasteiger charge is 2.09. The molecule has 0 unspecified atom stereocenters. The van der Waals surface area contributed by atoms with Gasteiger partial charge in [-0.25, -0.2) is 8.78 Å². The number of carbonyl (C=O) groups is 1. The Morgan fingerprint density at radius 3 is 2.56 bits per heavy atom. The summed E-state index contributed by atoms with van der Waals surface area (Å²) in [6, 6.07) is 11.7. The van der Waals surface area contributed by atoms with Crippen molar-refractivity contribution in [1.29, 1.82) is 0 Å². The van der Waals surface area contributed by atoms with Gasteiger partial charge in [-0.05, 0) is 48.4 Å². The molecule has 3 rings (SSSR count). The fourth-order valence-electron chi connectivity index (χ4n) is 2.46. The molecule has 0 aliphatic rings. The second kappa shape index (κ2) is 8.14. The van der Waals surface area contributed by atoms with Gasteiger partial charge in [-0.3, -0.25) is 9.48 Å². The van der Waals surface area contributed by atoms with Crippen molar-refractivity contribution in [3.05, 3.63) is 88.1 Å². The molecule has 0 saturated carbocycles. The highest BCUT2D eigenvalue weighted by molar-refractivity contribution is 6.31. The first kappa shape index (κ1) is 18.8. The molecule has 1 N–H and O–H groups in total. The normalized spacial score (nSPS) is 11.1. The summed E-state index contributed by atoms with van der Waals surface area (Å²) in [6.07, 6.45) is 2.93. The zero-order valence-electron chi connectivity index (χ0n) is 14.4. The van der Waals surface area contributed by atoms with Crippen LogP contribution in [-0.2, 0) is 11.3 Å². The molecule has 7 heteroatoms. The van der Waals surface area contributed by atoms with E-state index >= 15 is 0 Å². The number of carbonyl (C=O) groups excluding carboxylic acids is 1. The minimum absolute atomic E-state index is 0.317. The Kier molecular flexibility index (Phi) is 5.66. The van der Waals surface area contributed by atoms with Gasteiger partial charge in [-0.2, -0.15) is 5.10 Å². The first-order valence-electron chi connectivity index (χ1n) is 8.14. The predicted octanol–water partition coefficient (Wildman–Crippen LogP) is 4.82. The average molecular weight is 388 g/mol. The standard InChI is InChI=1S/C20H16ClF2N3O/c1-13-10-19(24-20(27)9-4-14-2-6-16(22)7-3-14)25-26(13)12-15-5-8-17(23)11-18(15)21/h2-11H,12H2,1H3,(H,24,25,27)/b9-4+. The molecule has 2 aromatic carbocycles. The topological polar surface area (TPSA) is 46.9 Å². The Balaban J connectivity index is 1.66. The number of nitrogens with one attached hydrogen (secondary N) is 1. The van der Waals surface area contributed by atoms with E-state index < -0.39 is 5.82 Å². The van der Waals surface area contributed by atoms with Crippen molar-refractivity contribution in [2.45, 2.75) is 13.5 Å². The van der Waals surface area contributed by atoms with Crippen molar-refractivity contribution >= 4 is 29.4 Å². The van der Waals surface area contributed by atoms with Crippen LogP contribution >= 0.6 is 11.6 Å². The molecule has 3 aromatic rings. The molecule has 1 heterocycles. The predicted molar refractivity (Wildman–Crippen MR) is 102 cm³/mol. The van der Waals surface area contributed by atoms with Crippen molar-refractivity contribution in [2.75, 3.05) is 5.32 Å². The summed E-state index contributed by atoms with van der Waals surface area (Å²) < 4.78 is 27.7. The van der Waals surface area contributed by atoms with Crippen LogP contribution in [-0.4, -0.2) is 15.7 Å². The lowest BCUT2D eigenvalue weighted by molar-refractivity contribution is -0.111. The van der Waals surface area contributed by atoms with Crippen molar-refractivity contribution in [2.24, 2.45) is 0 Å². The van der Waals surface area contributed by atoms with Crippen LogP contribution < -0.4 is 5.32 Å². The minimum Gasteiger partial charge on any atom is -0.306 e. The quantitative estimate of drug-likeness (QED) is 0.638. The van der Waals surface area contributed by atoms with E-state index in [1.54, 1.807) is 35.0 Å². The lowest BCUT2D eigenvalue weighted by Gasteiger charge is -2.06. The number of halogens is 3. The third-order valence-electron chi connectivity index (χ3n) is 3.86. The van der Waals surface area contributed by atoms with Gasteiger partial charge in [0.15, 0.2) is 5.82 Å². The number of nitrogens with zero attached hydrogens (tertiary/aromatic N) is 2. The number of benzene rings is 2. The zero-order chi connectivity index (χ0) is 19.4. The number of rotatable bonds is 5. The first-order valence-corrected chi connectivity index (χ1v) is 8.51. The monoisotopic (exact) mass is 387 g/mol. The Hall–Kier alpha value is -2.99. The van der Waals surface area contributed by atoms with E-state index in [2.05, 4.69) is 10.4 Å². The summed E-state index contributed by atoms with van der Waals surface area (Å²) in [5, 5.41) is 7.31. The number of anilines is 1. The van der Waals surface area contributed by atoms with Crippen LogP contribution in [0.1, 0.15) is 16.8 Å². The summed E-state index contributed by atoms with van der Waals surface area (Å²) in [5.41, 5.74) is 2.24. The number of aryl methyl sites for hydroxylation is 1. The van der Waals surface area contributed by atoms with Gasteiger partial charge < -0.3 is 5.32 Å². The van der Waals surface area contributed by atoms with Crippen LogP contribution in [0.3, 0.4) is 0 Å². The summed E-state index contributed by atoms with van der Waals surface area (Å²) in [6.45, 7) is 2.20. The lowest BCUT2D eigenvalue weighted by Crippen LogP contribution is -2.10.